The molecule has 3 aliphatic heterocycles. The van der Waals surface area contributed by atoms with Crippen LogP contribution in [0.4, 0.5) is 10.5 Å². The van der Waals surface area contributed by atoms with Crippen LogP contribution in [0.15, 0.2) is 36.4 Å². The second-order valence-electron chi connectivity index (χ2n) is 9.42. The molecule has 2 aromatic carbocycles. The third-order valence-electron chi connectivity index (χ3n) is 7.62. The summed E-state index contributed by atoms with van der Waals surface area (Å²) in [5, 5.41) is 26.0. The molecule has 178 valence electrons. The van der Waals surface area contributed by atoms with Gasteiger partial charge >= 0.3 is 6.03 Å². The summed E-state index contributed by atoms with van der Waals surface area (Å²) in [6.45, 7) is 4.52. The fourth-order valence-corrected chi connectivity index (χ4v) is 5.55. The number of aliphatic hydroxyl groups is 1. The molecule has 1 fully saturated rings. The first-order valence-corrected chi connectivity index (χ1v) is 12.0. The number of aliphatic hydroxyl groups excluding tert-OH is 1. The first kappa shape index (κ1) is 22.5. The summed E-state index contributed by atoms with van der Waals surface area (Å²) >= 11 is 0. The maximum atomic E-state index is 11.9. The molecule has 0 radical (unpaired) electrons. The van der Waals surface area contributed by atoms with Crippen molar-refractivity contribution in [1.29, 1.82) is 5.26 Å². The van der Waals surface area contributed by atoms with Gasteiger partial charge in [-0.25, -0.2) is 4.79 Å². The quantitative estimate of drug-likeness (QED) is 0.647. The van der Waals surface area contributed by atoms with Crippen LogP contribution in [0, 0.1) is 11.3 Å². The van der Waals surface area contributed by atoms with Crippen molar-refractivity contribution in [2.75, 3.05) is 45.2 Å². The number of anilines is 1. The molecule has 3 aliphatic rings. The lowest BCUT2D eigenvalue weighted by molar-refractivity contribution is 0.0524. The smallest absolute Gasteiger partial charge is 0.317 e. The van der Waals surface area contributed by atoms with E-state index in [2.05, 4.69) is 33.7 Å². The zero-order valence-corrected chi connectivity index (χ0v) is 19.5. The topological polar surface area (TPSA) is 101 Å². The number of carbonyl (C=O) groups is 1. The number of likely N-dealkylation sites (tertiary alicyclic amines) is 1. The van der Waals surface area contributed by atoms with Crippen molar-refractivity contribution in [1.82, 2.24) is 15.1 Å². The van der Waals surface area contributed by atoms with Crippen LogP contribution in [0.2, 0.25) is 0 Å². The number of piperidine rings is 1. The molecule has 0 aromatic heterocycles. The Morgan fingerprint density at radius 1 is 1.24 bits per heavy atom. The third kappa shape index (κ3) is 4.06. The number of fused-ring (bicyclic) bond motifs is 3. The van der Waals surface area contributed by atoms with Gasteiger partial charge in [0.2, 0.25) is 0 Å². The highest BCUT2D eigenvalue weighted by Crippen LogP contribution is 2.47. The SMILES string of the molecule is CNC(=O)N1CCc2cc(OCCN3CCC4(CC3)c3cc(C#N)ccc3NC4O)ccc2C1. The summed E-state index contributed by atoms with van der Waals surface area (Å²) in [5.41, 5.74) is 4.73. The summed E-state index contributed by atoms with van der Waals surface area (Å²) in [5.74, 6) is 0.869. The van der Waals surface area contributed by atoms with Gasteiger partial charge in [-0.3, -0.25) is 4.90 Å². The molecule has 8 nitrogen and oxygen atoms in total. The number of rotatable bonds is 4. The van der Waals surface area contributed by atoms with Gasteiger partial charge in [-0.15, -0.1) is 0 Å². The Balaban J connectivity index is 1.14. The highest BCUT2D eigenvalue weighted by molar-refractivity contribution is 5.74. The maximum absolute atomic E-state index is 11.9. The second-order valence-corrected chi connectivity index (χ2v) is 9.42. The highest BCUT2D eigenvalue weighted by Gasteiger charge is 2.48. The molecule has 1 spiro atoms. The molecule has 3 heterocycles. The average molecular weight is 462 g/mol. The molecular formula is C26H31N5O3. The van der Waals surface area contributed by atoms with Crippen molar-refractivity contribution in [3.05, 3.63) is 58.7 Å². The van der Waals surface area contributed by atoms with Gasteiger partial charge in [0.25, 0.3) is 0 Å². The van der Waals surface area contributed by atoms with E-state index in [1.54, 1.807) is 13.1 Å². The molecule has 0 aliphatic carbocycles. The molecule has 2 aromatic rings. The predicted molar refractivity (Wildman–Crippen MR) is 129 cm³/mol. The van der Waals surface area contributed by atoms with Crippen LogP contribution < -0.4 is 15.4 Å². The summed E-state index contributed by atoms with van der Waals surface area (Å²) in [6.07, 6.45) is 1.89. The minimum atomic E-state index is -0.621. The molecule has 3 N–H and O–H groups in total. The van der Waals surface area contributed by atoms with Crippen LogP contribution in [0.5, 0.6) is 5.75 Å². The summed E-state index contributed by atoms with van der Waals surface area (Å²) < 4.78 is 6.06. The van der Waals surface area contributed by atoms with Gasteiger partial charge < -0.3 is 25.4 Å². The standard InChI is InChI=1S/C26H31N5O3/c1-28-25(33)31-9-6-19-15-21(4-3-20(19)17-31)34-13-12-30-10-7-26(8-11-30)22-14-18(16-27)2-5-23(22)29-24(26)32/h2-5,14-15,24,29,32H,6-13,17H2,1H3,(H,28,33). The van der Waals surface area contributed by atoms with Crippen LogP contribution in [-0.4, -0.2) is 67.0 Å². The number of hydrogen-bond donors (Lipinski definition) is 3. The van der Waals surface area contributed by atoms with Crippen molar-refractivity contribution >= 4 is 11.7 Å². The summed E-state index contributed by atoms with van der Waals surface area (Å²) in [4.78, 5) is 16.1. The van der Waals surface area contributed by atoms with Crippen molar-refractivity contribution in [3.63, 3.8) is 0 Å². The van der Waals surface area contributed by atoms with E-state index >= 15 is 0 Å². The molecule has 1 unspecified atom stereocenters. The Bertz CT molecular complexity index is 1120. The molecule has 2 amide bonds. The van der Waals surface area contributed by atoms with Crippen LogP contribution in [0.25, 0.3) is 0 Å². The van der Waals surface area contributed by atoms with E-state index in [1.807, 2.05) is 23.1 Å². The van der Waals surface area contributed by atoms with Gasteiger partial charge in [-0.2, -0.15) is 5.26 Å². The molecule has 1 saturated heterocycles. The van der Waals surface area contributed by atoms with E-state index in [0.717, 1.165) is 55.9 Å². The Kier molecular flexibility index (Phi) is 6.07. The molecular weight excluding hydrogens is 430 g/mol. The van der Waals surface area contributed by atoms with Crippen molar-refractivity contribution < 1.29 is 14.6 Å². The number of nitrogens with zero attached hydrogens (tertiary/aromatic N) is 3. The third-order valence-corrected chi connectivity index (χ3v) is 7.62. The van der Waals surface area contributed by atoms with Crippen LogP contribution >= 0.6 is 0 Å². The van der Waals surface area contributed by atoms with Gasteiger partial charge in [0, 0.05) is 37.8 Å². The first-order valence-electron chi connectivity index (χ1n) is 12.0. The van der Waals surface area contributed by atoms with E-state index in [0.29, 0.717) is 25.3 Å². The lowest BCUT2D eigenvalue weighted by atomic mass is 9.72. The molecule has 0 bridgehead atoms. The number of nitriles is 1. The molecule has 34 heavy (non-hydrogen) atoms. The van der Waals surface area contributed by atoms with E-state index in [-0.39, 0.29) is 11.4 Å². The van der Waals surface area contributed by atoms with Crippen LogP contribution in [0.3, 0.4) is 0 Å². The van der Waals surface area contributed by atoms with Crippen molar-refractivity contribution in [2.45, 2.75) is 37.5 Å². The van der Waals surface area contributed by atoms with Gasteiger partial charge in [0.05, 0.1) is 11.6 Å². The molecule has 5 rings (SSSR count). The van der Waals surface area contributed by atoms with E-state index in [9.17, 15) is 15.2 Å². The van der Waals surface area contributed by atoms with Crippen LogP contribution in [0.1, 0.15) is 35.1 Å². The second kappa shape index (κ2) is 9.16. The van der Waals surface area contributed by atoms with Gasteiger partial charge in [-0.1, -0.05) is 6.07 Å². The fraction of sp³-hybridized carbons (Fsp3) is 0.462. The number of hydrogen-bond acceptors (Lipinski definition) is 6. The zero-order chi connectivity index (χ0) is 23.7. The van der Waals surface area contributed by atoms with Gasteiger partial charge in [0.1, 0.15) is 18.6 Å². The Labute approximate surface area is 200 Å². The number of carbonyl (C=O) groups excluding carboxylic acids is 1. The summed E-state index contributed by atoms with van der Waals surface area (Å²) in [7, 11) is 1.66. The normalized spacial score (nSPS) is 20.7. The van der Waals surface area contributed by atoms with Gasteiger partial charge in [0.15, 0.2) is 0 Å². The molecule has 0 saturated carbocycles. The Hall–Kier alpha value is -3.28. The number of amides is 2. The minimum Gasteiger partial charge on any atom is -0.492 e. The minimum absolute atomic E-state index is 0.0378. The van der Waals surface area contributed by atoms with E-state index in [4.69, 9.17) is 4.74 Å². The number of nitrogens with one attached hydrogen (secondary N) is 2. The lowest BCUT2D eigenvalue weighted by Crippen LogP contribution is -2.49. The predicted octanol–water partition coefficient (Wildman–Crippen LogP) is 2.41. The van der Waals surface area contributed by atoms with Gasteiger partial charge in [-0.05, 0) is 79.4 Å². The highest BCUT2D eigenvalue weighted by atomic mass is 16.5. The van der Waals surface area contributed by atoms with Crippen LogP contribution in [-0.2, 0) is 18.4 Å². The Morgan fingerprint density at radius 2 is 2.06 bits per heavy atom. The van der Waals surface area contributed by atoms with Crippen molar-refractivity contribution in [3.8, 4) is 11.8 Å². The maximum Gasteiger partial charge on any atom is 0.317 e. The first-order chi connectivity index (χ1) is 16.5. The average Bonchev–Trinajstić information content (AvgIpc) is 3.14. The largest absolute Gasteiger partial charge is 0.492 e. The number of urea groups is 1. The lowest BCUT2D eigenvalue weighted by Gasteiger charge is -2.41. The van der Waals surface area contributed by atoms with E-state index in [1.165, 1.54) is 11.1 Å². The van der Waals surface area contributed by atoms with Crippen molar-refractivity contribution in [2.24, 2.45) is 0 Å². The van der Waals surface area contributed by atoms with E-state index < -0.39 is 6.23 Å². The monoisotopic (exact) mass is 461 g/mol. The molecule has 1 atom stereocenters. The fourth-order valence-electron chi connectivity index (χ4n) is 5.55. The summed E-state index contributed by atoms with van der Waals surface area (Å²) in [6, 6.07) is 14.0. The molecule has 8 heteroatoms. The zero-order valence-electron chi connectivity index (χ0n) is 19.5. The Morgan fingerprint density at radius 3 is 2.82 bits per heavy atom. The number of ether oxygens (including phenoxy) is 1. The number of benzene rings is 2.